The van der Waals surface area contributed by atoms with Crippen LogP contribution in [0.1, 0.15) is 31.1 Å². The molecule has 0 aromatic heterocycles. The number of benzene rings is 1. The van der Waals surface area contributed by atoms with Gasteiger partial charge in [-0.25, -0.2) is 4.79 Å². The molecule has 0 unspecified atom stereocenters. The molecule has 104 valence electrons. The Morgan fingerprint density at radius 3 is 2.37 bits per heavy atom. The lowest BCUT2D eigenvalue weighted by Gasteiger charge is -2.19. The van der Waals surface area contributed by atoms with Gasteiger partial charge in [-0.1, -0.05) is 32.4 Å². The summed E-state index contributed by atoms with van der Waals surface area (Å²) >= 11 is 9.20. The number of halogens is 2. The molecule has 0 bridgehead atoms. The molecule has 4 nitrogen and oxygen atoms in total. The molecule has 0 aliphatic heterocycles. The first-order valence-electron chi connectivity index (χ1n) is 5.55. The number of nitrogens with one attached hydrogen (secondary N) is 1. The third kappa shape index (κ3) is 3.94. The van der Waals surface area contributed by atoms with Crippen molar-refractivity contribution in [2.45, 2.75) is 20.8 Å². The molecule has 0 spiro atoms. The lowest BCUT2D eigenvalue weighted by molar-refractivity contribution is -0.123. The van der Waals surface area contributed by atoms with Gasteiger partial charge in [-0.15, -0.1) is 0 Å². The largest absolute Gasteiger partial charge is 0.465 e. The topological polar surface area (TPSA) is 55.4 Å². The molecule has 1 aromatic carbocycles. The van der Waals surface area contributed by atoms with Gasteiger partial charge in [0.2, 0.25) is 5.91 Å². The monoisotopic (exact) mass is 347 g/mol. The molecule has 0 atom stereocenters. The first-order valence-corrected chi connectivity index (χ1v) is 6.72. The second kappa shape index (κ2) is 5.92. The molecule has 0 saturated heterocycles. The third-order valence-electron chi connectivity index (χ3n) is 2.40. The van der Waals surface area contributed by atoms with E-state index >= 15 is 0 Å². The quantitative estimate of drug-likeness (QED) is 0.825. The summed E-state index contributed by atoms with van der Waals surface area (Å²) in [5, 5.41) is 3.07. The fourth-order valence-corrected chi connectivity index (χ4v) is 1.75. The number of esters is 1. The summed E-state index contributed by atoms with van der Waals surface area (Å²) in [7, 11) is 1.27. The van der Waals surface area contributed by atoms with Gasteiger partial charge in [-0.05, 0) is 28.1 Å². The fourth-order valence-electron chi connectivity index (χ4n) is 1.24. The summed E-state index contributed by atoms with van der Waals surface area (Å²) in [6, 6.07) is 3.04. The lowest BCUT2D eigenvalue weighted by atomic mass is 9.95. The molecule has 0 radical (unpaired) electrons. The number of methoxy groups -OCH3 is 1. The maximum Gasteiger partial charge on any atom is 0.340 e. The van der Waals surface area contributed by atoms with Crippen molar-refractivity contribution in [1.82, 2.24) is 0 Å². The van der Waals surface area contributed by atoms with E-state index < -0.39 is 11.4 Å². The van der Waals surface area contributed by atoms with E-state index in [0.29, 0.717) is 15.2 Å². The van der Waals surface area contributed by atoms with Gasteiger partial charge in [0.15, 0.2) is 0 Å². The van der Waals surface area contributed by atoms with Crippen molar-refractivity contribution in [3.05, 3.63) is 27.2 Å². The molecule has 1 rings (SSSR count). The van der Waals surface area contributed by atoms with Crippen LogP contribution in [0.15, 0.2) is 16.6 Å². The molecule has 0 saturated carbocycles. The summed E-state index contributed by atoms with van der Waals surface area (Å²) in [6.07, 6.45) is 0. The normalized spacial score (nSPS) is 11.1. The highest BCUT2D eigenvalue weighted by Crippen LogP contribution is 2.31. The summed E-state index contributed by atoms with van der Waals surface area (Å²) < 4.78 is 5.26. The number of ether oxygens (including phenoxy) is 1. The van der Waals surface area contributed by atoms with Crippen molar-refractivity contribution < 1.29 is 14.3 Å². The molecule has 6 heteroatoms. The van der Waals surface area contributed by atoms with E-state index in [9.17, 15) is 9.59 Å². The van der Waals surface area contributed by atoms with Crippen LogP contribution in [0.5, 0.6) is 0 Å². The molecule has 1 N–H and O–H groups in total. The van der Waals surface area contributed by atoms with Gasteiger partial charge in [0.25, 0.3) is 0 Å². The van der Waals surface area contributed by atoms with Crippen LogP contribution in [0, 0.1) is 5.41 Å². The Labute approximate surface area is 125 Å². The van der Waals surface area contributed by atoms with E-state index in [1.165, 1.54) is 13.2 Å². The summed E-state index contributed by atoms with van der Waals surface area (Å²) in [5.74, 6) is -0.759. The minimum Gasteiger partial charge on any atom is -0.465 e. The van der Waals surface area contributed by atoms with Gasteiger partial charge in [0.05, 0.1) is 23.4 Å². The number of rotatable bonds is 2. The Balaban J connectivity index is 3.22. The van der Waals surface area contributed by atoms with E-state index in [1.807, 2.05) is 0 Å². The van der Waals surface area contributed by atoms with E-state index in [2.05, 4.69) is 26.0 Å². The van der Waals surface area contributed by atoms with E-state index in [4.69, 9.17) is 11.6 Å². The van der Waals surface area contributed by atoms with Gasteiger partial charge in [-0.3, -0.25) is 4.79 Å². The molecular formula is C13H15BrClNO3. The number of carbonyl (C=O) groups excluding carboxylic acids is 2. The summed E-state index contributed by atoms with van der Waals surface area (Å²) in [6.45, 7) is 5.35. The highest BCUT2D eigenvalue weighted by atomic mass is 79.9. The molecule has 0 fully saturated rings. The van der Waals surface area contributed by atoms with Crippen molar-refractivity contribution in [1.29, 1.82) is 0 Å². The standard InChI is InChI=1S/C13H15BrClNO3/c1-13(2,3)12(18)16-10-6-8(14)9(15)5-7(10)11(17)19-4/h5-6H,1-4H3,(H,16,18). The van der Waals surface area contributed by atoms with Crippen molar-refractivity contribution in [3.8, 4) is 0 Å². The van der Waals surface area contributed by atoms with E-state index in [-0.39, 0.29) is 11.5 Å². The predicted octanol–water partition coefficient (Wildman–Crippen LogP) is 3.87. The van der Waals surface area contributed by atoms with Crippen LogP contribution < -0.4 is 5.32 Å². The Morgan fingerprint density at radius 1 is 1.32 bits per heavy atom. The second-order valence-corrected chi connectivity index (χ2v) is 6.27. The van der Waals surface area contributed by atoms with Crippen molar-refractivity contribution in [3.63, 3.8) is 0 Å². The van der Waals surface area contributed by atoms with Crippen LogP contribution in [0.25, 0.3) is 0 Å². The zero-order chi connectivity index (χ0) is 14.8. The second-order valence-electron chi connectivity index (χ2n) is 5.01. The van der Waals surface area contributed by atoms with Crippen LogP contribution in [0.3, 0.4) is 0 Å². The third-order valence-corrected chi connectivity index (χ3v) is 3.59. The minimum absolute atomic E-state index is 0.202. The number of carbonyl (C=O) groups is 2. The Bertz CT molecular complexity index is 523. The fraction of sp³-hybridized carbons (Fsp3) is 0.385. The highest BCUT2D eigenvalue weighted by Gasteiger charge is 2.24. The van der Waals surface area contributed by atoms with Crippen molar-refractivity contribution in [2.75, 3.05) is 12.4 Å². The van der Waals surface area contributed by atoms with Gasteiger partial charge in [-0.2, -0.15) is 0 Å². The van der Waals surface area contributed by atoms with Gasteiger partial charge in [0, 0.05) is 9.89 Å². The smallest absolute Gasteiger partial charge is 0.340 e. The van der Waals surface area contributed by atoms with Crippen LogP contribution in [-0.4, -0.2) is 19.0 Å². The average Bonchev–Trinajstić information content (AvgIpc) is 2.31. The number of anilines is 1. The maximum absolute atomic E-state index is 12.0. The summed E-state index contributed by atoms with van der Waals surface area (Å²) in [5.41, 5.74) is 0.0100. The van der Waals surface area contributed by atoms with Gasteiger partial charge >= 0.3 is 5.97 Å². The van der Waals surface area contributed by atoms with Gasteiger partial charge in [0.1, 0.15) is 0 Å². The Kier molecular flexibility index (Phi) is 4.98. The Morgan fingerprint density at radius 2 is 1.89 bits per heavy atom. The first-order chi connectivity index (χ1) is 8.66. The first kappa shape index (κ1) is 16.0. The molecular weight excluding hydrogens is 334 g/mol. The van der Waals surface area contributed by atoms with Gasteiger partial charge < -0.3 is 10.1 Å². The van der Waals surface area contributed by atoms with E-state index in [0.717, 1.165) is 0 Å². The predicted molar refractivity (Wildman–Crippen MR) is 78.6 cm³/mol. The van der Waals surface area contributed by atoms with Crippen molar-refractivity contribution in [2.24, 2.45) is 5.41 Å². The number of amides is 1. The SMILES string of the molecule is COC(=O)c1cc(Cl)c(Br)cc1NC(=O)C(C)(C)C. The Hall–Kier alpha value is -1.07. The van der Waals surface area contributed by atoms with E-state index in [1.54, 1.807) is 26.8 Å². The zero-order valence-electron chi connectivity index (χ0n) is 11.1. The van der Waals surface area contributed by atoms with Crippen molar-refractivity contribution >= 4 is 45.1 Å². The van der Waals surface area contributed by atoms with Crippen LogP contribution in [0.2, 0.25) is 5.02 Å². The maximum atomic E-state index is 12.0. The average molecular weight is 349 g/mol. The number of hydrogen-bond acceptors (Lipinski definition) is 3. The minimum atomic E-state index is -0.570. The molecule has 0 aliphatic carbocycles. The van der Waals surface area contributed by atoms with Crippen LogP contribution >= 0.6 is 27.5 Å². The molecule has 0 aliphatic rings. The zero-order valence-corrected chi connectivity index (χ0v) is 13.5. The molecule has 19 heavy (non-hydrogen) atoms. The molecule has 1 amide bonds. The highest BCUT2D eigenvalue weighted by molar-refractivity contribution is 9.10. The van der Waals surface area contributed by atoms with Crippen LogP contribution in [0.4, 0.5) is 5.69 Å². The van der Waals surface area contributed by atoms with Crippen LogP contribution in [-0.2, 0) is 9.53 Å². The molecule has 1 aromatic rings. The molecule has 0 heterocycles. The number of hydrogen-bond donors (Lipinski definition) is 1. The lowest BCUT2D eigenvalue weighted by Crippen LogP contribution is -2.28. The summed E-state index contributed by atoms with van der Waals surface area (Å²) in [4.78, 5) is 23.7.